The van der Waals surface area contributed by atoms with Gasteiger partial charge >= 0.3 is 0 Å². The molecular weight excluding hydrogens is 582 g/mol. The summed E-state index contributed by atoms with van der Waals surface area (Å²) < 4.78 is 0. The second-order valence-corrected chi connectivity index (χ2v) is 13.8. The summed E-state index contributed by atoms with van der Waals surface area (Å²) in [6, 6.07) is -0.826. The molecule has 0 saturated heterocycles. The van der Waals surface area contributed by atoms with E-state index in [0.29, 0.717) is 12.8 Å². The van der Waals surface area contributed by atoms with Crippen molar-refractivity contribution in [3.8, 4) is 0 Å². The number of hydrogen-bond donors (Lipinski definition) is 4. The van der Waals surface area contributed by atoms with Crippen molar-refractivity contribution in [2.75, 3.05) is 6.61 Å². The molecule has 0 radical (unpaired) electrons. The molecule has 0 fully saturated rings. The molecule has 4 N–H and O–H groups in total. The maximum atomic E-state index is 12.3. The third kappa shape index (κ3) is 32.9. The topological polar surface area (TPSA) is 89.8 Å². The Morgan fingerprint density at radius 2 is 0.872 bits per heavy atom. The van der Waals surface area contributed by atoms with Crippen molar-refractivity contribution < 1.29 is 20.1 Å². The van der Waals surface area contributed by atoms with Gasteiger partial charge in [0.05, 0.1) is 18.8 Å². The Morgan fingerprint density at radius 3 is 1.32 bits per heavy atom. The molecule has 47 heavy (non-hydrogen) atoms. The lowest BCUT2D eigenvalue weighted by Crippen LogP contribution is -2.48. The maximum absolute atomic E-state index is 12.3. The molecular formula is C42H79NO4. The summed E-state index contributed by atoms with van der Waals surface area (Å²) in [7, 11) is 0. The number of unbranched alkanes of at least 4 members (excludes halogenated alkanes) is 24. The second-order valence-electron chi connectivity index (χ2n) is 13.8. The van der Waals surface area contributed by atoms with Gasteiger partial charge in [0.1, 0.15) is 6.10 Å². The van der Waals surface area contributed by atoms with Gasteiger partial charge in [0.15, 0.2) is 0 Å². The molecule has 0 aromatic carbocycles. The Labute approximate surface area is 292 Å². The summed E-state index contributed by atoms with van der Waals surface area (Å²) in [4.78, 5) is 12.3. The standard InChI is InChI=1S/C42H79NO4/c1-3-5-7-9-11-13-14-15-16-17-18-19-20-21-22-23-24-25-26-27-28-29-31-32-34-36-40(45)39(38-44)43-42(47)41(46)37-35-33-30-12-10-8-6-4-2/h28-30,33-34,36,39-41,44-46H,3-27,31-32,35,37-38H2,1-2H3,(H,43,47)/b29-28+,33-30-,36-34+. The van der Waals surface area contributed by atoms with E-state index in [2.05, 4.69) is 37.4 Å². The van der Waals surface area contributed by atoms with Crippen LogP contribution >= 0.6 is 0 Å². The fourth-order valence-electron chi connectivity index (χ4n) is 5.97. The molecule has 0 aromatic heterocycles. The number of carbonyl (C=O) groups is 1. The average Bonchev–Trinajstić information content (AvgIpc) is 3.07. The Kier molecular flexibility index (Phi) is 36.3. The number of aliphatic hydroxyl groups is 3. The predicted octanol–water partition coefficient (Wildman–Crippen LogP) is 11.2. The minimum atomic E-state index is -1.15. The van der Waals surface area contributed by atoms with E-state index in [4.69, 9.17) is 0 Å². The zero-order valence-corrected chi connectivity index (χ0v) is 31.2. The molecule has 0 heterocycles. The molecule has 276 valence electrons. The van der Waals surface area contributed by atoms with Crippen molar-refractivity contribution >= 4 is 5.91 Å². The highest BCUT2D eigenvalue weighted by Crippen LogP contribution is 2.15. The van der Waals surface area contributed by atoms with Crippen molar-refractivity contribution in [3.05, 3.63) is 36.5 Å². The predicted molar refractivity (Wildman–Crippen MR) is 204 cm³/mol. The number of allylic oxidation sites excluding steroid dienone is 5. The van der Waals surface area contributed by atoms with E-state index in [1.165, 1.54) is 148 Å². The van der Waals surface area contributed by atoms with E-state index >= 15 is 0 Å². The van der Waals surface area contributed by atoms with Crippen LogP contribution < -0.4 is 5.32 Å². The third-order valence-electron chi connectivity index (χ3n) is 9.21. The van der Waals surface area contributed by atoms with Gasteiger partial charge in [-0.15, -0.1) is 0 Å². The van der Waals surface area contributed by atoms with Gasteiger partial charge in [-0.2, -0.15) is 0 Å². The Hall–Kier alpha value is -1.43. The molecule has 0 spiro atoms. The van der Waals surface area contributed by atoms with Gasteiger partial charge < -0.3 is 20.6 Å². The first-order valence-corrected chi connectivity index (χ1v) is 20.3. The van der Waals surface area contributed by atoms with E-state index in [1.54, 1.807) is 6.08 Å². The van der Waals surface area contributed by atoms with E-state index in [-0.39, 0.29) is 6.61 Å². The van der Waals surface area contributed by atoms with Crippen LogP contribution in [0.2, 0.25) is 0 Å². The molecule has 0 aliphatic rings. The van der Waals surface area contributed by atoms with Crippen LogP contribution in [0.5, 0.6) is 0 Å². The third-order valence-corrected chi connectivity index (χ3v) is 9.21. The maximum Gasteiger partial charge on any atom is 0.249 e. The van der Waals surface area contributed by atoms with Crippen molar-refractivity contribution in [1.29, 1.82) is 0 Å². The number of amides is 1. The summed E-state index contributed by atoms with van der Waals surface area (Å²) in [6.45, 7) is 4.10. The van der Waals surface area contributed by atoms with Gasteiger partial charge in [-0.05, 0) is 51.4 Å². The molecule has 1 amide bonds. The van der Waals surface area contributed by atoms with E-state index in [1.807, 2.05) is 12.2 Å². The lowest BCUT2D eigenvalue weighted by atomic mass is 10.0. The Balaban J connectivity index is 3.66. The normalized spacial score (nSPS) is 14.1. The van der Waals surface area contributed by atoms with Crippen LogP contribution in [0.1, 0.15) is 200 Å². The van der Waals surface area contributed by atoms with Crippen LogP contribution in [-0.2, 0) is 4.79 Å². The lowest BCUT2D eigenvalue weighted by Gasteiger charge is -2.21. The largest absolute Gasteiger partial charge is 0.394 e. The summed E-state index contributed by atoms with van der Waals surface area (Å²) in [5.74, 6) is -0.550. The quantitative estimate of drug-likeness (QED) is 0.0397. The SMILES string of the molecule is CCCCCC/C=C\CCC(O)C(=O)NC(CO)C(O)/C=C/CC/C=C/CCCCCCCCCCCCCCCCCCCCC. The average molecular weight is 662 g/mol. The van der Waals surface area contributed by atoms with Crippen LogP contribution in [0.3, 0.4) is 0 Å². The Bertz CT molecular complexity index is 734. The number of rotatable bonds is 36. The molecule has 5 nitrogen and oxygen atoms in total. The molecule has 0 aromatic rings. The molecule has 3 unspecified atom stereocenters. The van der Waals surface area contributed by atoms with E-state index in [0.717, 1.165) is 25.7 Å². The highest BCUT2D eigenvalue weighted by Gasteiger charge is 2.22. The number of carbonyl (C=O) groups excluding carboxylic acids is 1. The van der Waals surface area contributed by atoms with Gasteiger partial charge in [0.25, 0.3) is 0 Å². The zero-order valence-electron chi connectivity index (χ0n) is 31.2. The lowest BCUT2D eigenvalue weighted by molar-refractivity contribution is -0.131. The first-order chi connectivity index (χ1) is 23.1. The number of aliphatic hydroxyl groups excluding tert-OH is 3. The van der Waals surface area contributed by atoms with Crippen molar-refractivity contribution in [2.45, 2.75) is 218 Å². The van der Waals surface area contributed by atoms with Crippen molar-refractivity contribution in [2.24, 2.45) is 0 Å². The van der Waals surface area contributed by atoms with Crippen molar-refractivity contribution in [1.82, 2.24) is 5.32 Å². The van der Waals surface area contributed by atoms with Crippen LogP contribution in [0, 0.1) is 0 Å². The summed E-state index contributed by atoms with van der Waals surface area (Å²) in [5, 5.41) is 32.8. The smallest absolute Gasteiger partial charge is 0.249 e. The van der Waals surface area contributed by atoms with Crippen LogP contribution in [0.4, 0.5) is 0 Å². The van der Waals surface area contributed by atoms with Crippen molar-refractivity contribution in [3.63, 3.8) is 0 Å². The monoisotopic (exact) mass is 662 g/mol. The van der Waals surface area contributed by atoms with Crippen LogP contribution in [0.15, 0.2) is 36.5 Å². The minimum absolute atomic E-state index is 0.327. The molecule has 0 aliphatic carbocycles. The van der Waals surface area contributed by atoms with Gasteiger partial charge in [-0.1, -0.05) is 185 Å². The fourth-order valence-corrected chi connectivity index (χ4v) is 5.97. The van der Waals surface area contributed by atoms with Gasteiger partial charge in [0.2, 0.25) is 5.91 Å². The number of nitrogens with one attached hydrogen (secondary N) is 1. The second kappa shape index (κ2) is 37.4. The summed E-state index contributed by atoms with van der Waals surface area (Å²) in [5.41, 5.74) is 0. The molecule has 0 saturated carbocycles. The van der Waals surface area contributed by atoms with Gasteiger partial charge in [0, 0.05) is 0 Å². The Morgan fingerprint density at radius 1 is 0.511 bits per heavy atom. The molecule has 0 bridgehead atoms. The molecule has 0 rings (SSSR count). The first-order valence-electron chi connectivity index (χ1n) is 20.3. The van der Waals surface area contributed by atoms with Gasteiger partial charge in [-0.3, -0.25) is 4.79 Å². The summed E-state index contributed by atoms with van der Waals surface area (Å²) in [6.07, 6.45) is 46.4. The summed E-state index contributed by atoms with van der Waals surface area (Å²) >= 11 is 0. The number of hydrogen-bond acceptors (Lipinski definition) is 4. The minimum Gasteiger partial charge on any atom is -0.394 e. The van der Waals surface area contributed by atoms with Crippen LogP contribution in [0.25, 0.3) is 0 Å². The van der Waals surface area contributed by atoms with E-state index < -0.39 is 24.2 Å². The highest BCUT2D eigenvalue weighted by molar-refractivity contribution is 5.80. The zero-order chi connectivity index (χ0) is 34.5. The molecule has 3 atom stereocenters. The molecule has 5 heteroatoms. The van der Waals surface area contributed by atoms with Gasteiger partial charge in [-0.25, -0.2) is 0 Å². The highest BCUT2D eigenvalue weighted by atomic mass is 16.3. The van der Waals surface area contributed by atoms with E-state index in [9.17, 15) is 20.1 Å². The first kappa shape index (κ1) is 45.6. The molecule has 0 aliphatic heterocycles. The van der Waals surface area contributed by atoms with Crippen LogP contribution in [-0.4, -0.2) is 46.1 Å². The fraction of sp³-hybridized carbons (Fsp3) is 0.833.